The van der Waals surface area contributed by atoms with Gasteiger partial charge in [0.05, 0.1) is 11.8 Å². The van der Waals surface area contributed by atoms with E-state index < -0.39 is 0 Å². The third kappa shape index (κ3) is 2.94. The Hall–Kier alpha value is -3.89. The monoisotopic (exact) mass is 354 g/mol. The van der Waals surface area contributed by atoms with E-state index in [0.29, 0.717) is 23.4 Å². The number of ketones is 1. The fourth-order valence-corrected chi connectivity index (χ4v) is 3.05. The van der Waals surface area contributed by atoms with E-state index in [9.17, 15) is 4.79 Å². The first kappa shape index (κ1) is 16.6. The summed E-state index contributed by atoms with van der Waals surface area (Å²) < 4.78 is 3.28. The van der Waals surface area contributed by atoms with E-state index in [2.05, 4.69) is 11.0 Å². The van der Waals surface area contributed by atoms with Gasteiger partial charge in [0.1, 0.15) is 5.36 Å². The molecule has 0 atom stereocenters. The predicted octanol–water partition coefficient (Wildman–Crippen LogP) is 1.02. The molecular formula is C21H16N5O+. The van der Waals surface area contributed by atoms with Crippen molar-refractivity contribution in [3.63, 3.8) is 0 Å². The molecule has 0 spiro atoms. The first-order valence-corrected chi connectivity index (χ1v) is 8.41. The van der Waals surface area contributed by atoms with Gasteiger partial charge in [-0.2, -0.15) is 0 Å². The second-order valence-corrected chi connectivity index (χ2v) is 6.12. The van der Waals surface area contributed by atoms with E-state index >= 15 is 0 Å². The molecule has 0 fully saturated rings. The number of carbonyl (C=O) groups is 1. The first-order valence-electron chi connectivity index (χ1n) is 8.41. The van der Waals surface area contributed by atoms with Crippen LogP contribution in [0.15, 0.2) is 73.1 Å². The van der Waals surface area contributed by atoms with E-state index in [0.717, 1.165) is 5.56 Å². The predicted molar refractivity (Wildman–Crippen MR) is 98.7 cm³/mol. The number of pyridine rings is 1. The van der Waals surface area contributed by atoms with Crippen LogP contribution in [-0.2, 0) is 6.54 Å². The third-order valence-corrected chi connectivity index (χ3v) is 4.38. The maximum atomic E-state index is 13.0. The fourth-order valence-electron chi connectivity index (χ4n) is 3.05. The zero-order valence-electron chi connectivity index (χ0n) is 14.4. The van der Waals surface area contributed by atoms with Gasteiger partial charge >= 0.3 is 0 Å². The molecule has 2 aromatic carbocycles. The lowest BCUT2D eigenvalue weighted by Crippen LogP contribution is -2.42. The van der Waals surface area contributed by atoms with Gasteiger partial charge in [-0.25, -0.2) is 4.57 Å². The normalized spacial score (nSPS) is 10.7. The maximum absolute atomic E-state index is 13.0. The smallest absolute Gasteiger partial charge is 0.293 e. The summed E-state index contributed by atoms with van der Waals surface area (Å²) in [4.78, 5) is 13.0. The number of hydrogen-bond acceptors (Lipinski definition) is 4. The summed E-state index contributed by atoms with van der Waals surface area (Å²) in [5, 5.41) is 20.7. The van der Waals surface area contributed by atoms with Crippen LogP contribution in [0.3, 0.4) is 0 Å². The number of nitrogens with zero attached hydrogens (tertiary/aromatic N) is 3. The summed E-state index contributed by atoms with van der Waals surface area (Å²) in [6.45, 7) is 0.511. The Balaban J connectivity index is 1.94. The molecule has 2 N–H and O–H groups in total. The zero-order valence-corrected chi connectivity index (χ0v) is 14.4. The van der Waals surface area contributed by atoms with Crippen molar-refractivity contribution in [3.05, 3.63) is 100 Å². The summed E-state index contributed by atoms with van der Waals surface area (Å²) in [6, 6.07) is 20.2. The number of hydrogen-bond donors (Lipinski definition) is 2. The highest BCUT2D eigenvalue weighted by atomic mass is 16.1. The van der Waals surface area contributed by atoms with Crippen LogP contribution in [-0.4, -0.2) is 21.3 Å². The van der Waals surface area contributed by atoms with E-state index in [1.165, 1.54) is 10.6 Å². The van der Waals surface area contributed by atoms with Crippen LogP contribution in [0, 0.1) is 10.8 Å². The summed E-state index contributed by atoms with van der Waals surface area (Å²) >= 11 is 0. The summed E-state index contributed by atoms with van der Waals surface area (Å²) in [5.41, 5.74) is 2.33. The fraction of sp³-hybridized carbons (Fsp3) is 0.0476. The SMILES string of the molecule is N=C=c1cc(C(=O)c2ccccc2)n2nc[n+](Cc3ccccc3)c2c1=N. The molecule has 0 saturated heterocycles. The van der Waals surface area contributed by atoms with Crippen molar-refractivity contribution < 1.29 is 9.36 Å². The molecule has 0 bridgehead atoms. The van der Waals surface area contributed by atoms with Crippen molar-refractivity contribution in [2.75, 3.05) is 0 Å². The second kappa shape index (κ2) is 6.78. The van der Waals surface area contributed by atoms with Crippen molar-refractivity contribution in [2.24, 2.45) is 0 Å². The van der Waals surface area contributed by atoms with Gasteiger partial charge in [0.2, 0.25) is 5.78 Å². The van der Waals surface area contributed by atoms with Crippen LogP contribution in [0.1, 0.15) is 21.6 Å². The van der Waals surface area contributed by atoms with Gasteiger partial charge in [0.25, 0.3) is 12.0 Å². The Morgan fingerprint density at radius 1 is 1.07 bits per heavy atom. The minimum absolute atomic E-state index is 0.114. The van der Waals surface area contributed by atoms with Gasteiger partial charge < -0.3 is 0 Å². The molecule has 6 heteroatoms. The lowest BCUT2D eigenvalue weighted by atomic mass is 10.1. The maximum Gasteiger partial charge on any atom is 0.293 e. The van der Waals surface area contributed by atoms with Gasteiger partial charge in [0.15, 0.2) is 5.69 Å². The van der Waals surface area contributed by atoms with Gasteiger partial charge in [-0.05, 0) is 11.4 Å². The van der Waals surface area contributed by atoms with Crippen LogP contribution >= 0.6 is 0 Å². The first-order chi connectivity index (χ1) is 13.2. The number of fused-ring (bicyclic) bond motifs is 1. The number of carbonyl (C=O) groups excluding carboxylic acids is 1. The number of nitrogens with one attached hydrogen (secondary N) is 2. The van der Waals surface area contributed by atoms with Crippen molar-refractivity contribution in [3.8, 4) is 0 Å². The molecule has 4 rings (SSSR count). The average Bonchev–Trinajstić information content (AvgIpc) is 3.13. The van der Waals surface area contributed by atoms with Gasteiger partial charge in [0, 0.05) is 16.7 Å². The number of rotatable bonds is 4. The highest BCUT2D eigenvalue weighted by molar-refractivity contribution is 6.08. The van der Waals surface area contributed by atoms with Crippen molar-refractivity contribution >= 4 is 17.3 Å². The number of aromatic nitrogens is 3. The molecular weight excluding hydrogens is 338 g/mol. The number of benzene rings is 2. The highest BCUT2D eigenvalue weighted by Crippen LogP contribution is 2.08. The zero-order chi connectivity index (χ0) is 18.8. The molecule has 0 saturated carbocycles. The minimum Gasteiger partial charge on any atom is -0.293 e. The van der Waals surface area contributed by atoms with Crippen LogP contribution in [0.2, 0.25) is 0 Å². The largest absolute Gasteiger partial charge is 0.293 e. The molecule has 0 aliphatic heterocycles. The van der Waals surface area contributed by atoms with Crippen molar-refractivity contribution in [1.29, 1.82) is 10.8 Å². The molecule has 27 heavy (non-hydrogen) atoms. The molecule has 4 aromatic rings. The molecule has 130 valence electrons. The summed E-state index contributed by atoms with van der Waals surface area (Å²) in [5.74, 6) is 2.06. The Morgan fingerprint density at radius 3 is 2.41 bits per heavy atom. The Kier molecular flexibility index (Phi) is 4.16. The highest BCUT2D eigenvalue weighted by Gasteiger charge is 2.23. The Labute approximate surface area is 154 Å². The van der Waals surface area contributed by atoms with E-state index in [1.54, 1.807) is 35.2 Å². The van der Waals surface area contributed by atoms with E-state index in [4.69, 9.17) is 10.8 Å². The van der Waals surface area contributed by atoms with Crippen LogP contribution in [0.5, 0.6) is 0 Å². The molecule has 0 aliphatic rings. The van der Waals surface area contributed by atoms with Crippen molar-refractivity contribution in [1.82, 2.24) is 9.61 Å². The molecule has 2 heterocycles. The topological polar surface area (TPSA) is 86.0 Å². The Morgan fingerprint density at radius 2 is 1.74 bits per heavy atom. The molecule has 0 amide bonds. The standard InChI is InChI=1S/C21H16N5O/c22-12-17-11-18(20(27)16-9-5-2-6-10-16)26-21(19(17)23)25(14-24-26)13-15-7-3-1-4-8-15/h1-11,14,22-23H,13H2/q+1. The lowest BCUT2D eigenvalue weighted by Gasteiger charge is -2.02. The van der Waals surface area contributed by atoms with Crippen LogP contribution in [0.25, 0.3) is 5.65 Å². The molecule has 0 unspecified atom stereocenters. The van der Waals surface area contributed by atoms with E-state index in [-0.39, 0.29) is 16.4 Å². The van der Waals surface area contributed by atoms with Gasteiger partial charge in [-0.1, -0.05) is 65.2 Å². The van der Waals surface area contributed by atoms with Gasteiger partial charge in [-0.3, -0.25) is 15.6 Å². The van der Waals surface area contributed by atoms with Gasteiger partial charge in [-0.15, -0.1) is 0 Å². The average molecular weight is 354 g/mol. The van der Waals surface area contributed by atoms with Crippen molar-refractivity contribution in [2.45, 2.75) is 6.54 Å². The van der Waals surface area contributed by atoms with Crippen LogP contribution in [0.4, 0.5) is 0 Å². The molecule has 0 aliphatic carbocycles. The Bertz CT molecular complexity index is 1270. The quantitative estimate of drug-likeness (QED) is 0.326. The summed E-state index contributed by atoms with van der Waals surface area (Å²) in [6.07, 6.45) is 1.61. The van der Waals surface area contributed by atoms with E-state index in [1.807, 2.05) is 36.4 Å². The molecule has 0 radical (unpaired) electrons. The summed E-state index contributed by atoms with van der Waals surface area (Å²) in [7, 11) is 0. The lowest BCUT2D eigenvalue weighted by molar-refractivity contribution is -0.664. The molecule has 6 nitrogen and oxygen atoms in total. The minimum atomic E-state index is -0.216. The second-order valence-electron chi connectivity index (χ2n) is 6.12. The molecule has 2 aromatic heterocycles. The third-order valence-electron chi connectivity index (χ3n) is 4.38. The van der Waals surface area contributed by atoms with Crippen LogP contribution < -0.4 is 15.1 Å².